The molecule has 2 aromatic carbocycles. The van der Waals surface area contributed by atoms with Crippen molar-refractivity contribution < 1.29 is 13.2 Å². The number of hydrogen-bond donors (Lipinski definition) is 0. The van der Waals surface area contributed by atoms with Crippen LogP contribution in [0.15, 0.2) is 43.0 Å². The van der Waals surface area contributed by atoms with Gasteiger partial charge in [-0.15, -0.1) is 0 Å². The zero-order chi connectivity index (χ0) is 17.2. The van der Waals surface area contributed by atoms with Gasteiger partial charge in [-0.3, -0.25) is 0 Å². The molecule has 0 radical (unpaired) electrons. The molecular weight excluding hydrogens is 296 g/mol. The average molecular weight is 316 g/mol. The number of halogens is 3. The standard InChI is InChI=1S/C19H20BF3/c1-5-13-6-8-14(9-7-13)19(3,4)20-12(2)18-16(22)10-15(21)11-17(18)23/h5-12,20H,1H2,2-4H3. The molecule has 0 aliphatic carbocycles. The van der Waals surface area contributed by atoms with Crippen LogP contribution in [0.4, 0.5) is 13.2 Å². The molecule has 0 N–H and O–H groups in total. The summed E-state index contributed by atoms with van der Waals surface area (Å²) in [6.45, 7) is 9.55. The van der Waals surface area contributed by atoms with E-state index in [0.29, 0.717) is 7.28 Å². The lowest BCUT2D eigenvalue weighted by Crippen LogP contribution is -2.30. The fourth-order valence-electron chi connectivity index (χ4n) is 3.08. The van der Waals surface area contributed by atoms with Gasteiger partial charge in [0.05, 0.1) is 0 Å². The van der Waals surface area contributed by atoms with Crippen molar-refractivity contribution in [3.05, 3.63) is 77.1 Å². The van der Waals surface area contributed by atoms with Crippen molar-refractivity contribution in [1.29, 1.82) is 0 Å². The van der Waals surface area contributed by atoms with Gasteiger partial charge in [0.1, 0.15) is 24.7 Å². The van der Waals surface area contributed by atoms with Gasteiger partial charge in [0.15, 0.2) is 0 Å². The van der Waals surface area contributed by atoms with Crippen LogP contribution in [0.5, 0.6) is 0 Å². The highest BCUT2D eigenvalue weighted by molar-refractivity contribution is 6.42. The van der Waals surface area contributed by atoms with Crippen molar-refractivity contribution in [3.63, 3.8) is 0 Å². The molecule has 0 spiro atoms. The van der Waals surface area contributed by atoms with Crippen molar-refractivity contribution in [1.82, 2.24) is 0 Å². The molecule has 0 saturated carbocycles. The van der Waals surface area contributed by atoms with Crippen molar-refractivity contribution >= 4 is 13.4 Å². The third kappa shape index (κ3) is 3.87. The van der Waals surface area contributed by atoms with E-state index in [4.69, 9.17) is 0 Å². The molecule has 0 aliphatic rings. The zero-order valence-electron chi connectivity index (χ0n) is 13.7. The van der Waals surface area contributed by atoms with Crippen LogP contribution in [0.3, 0.4) is 0 Å². The second-order valence-corrected chi connectivity index (χ2v) is 6.60. The summed E-state index contributed by atoms with van der Waals surface area (Å²) in [7, 11) is 0.542. The minimum absolute atomic E-state index is 0.0535. The maximum Gasteiger partial charge on any atom is 0.141 e. The zero-order valence-corrected chi connectivity index (χ0v) is 13.7. The molecule has 0 aromatic heterocycles. The molecule has 2 rings (SSSR count). The lowest BCUT2D eigenvalue weighted by Gasteiger charge is -2.28. The molecule has 0 heterocycles. The fraction of sp³-hybridized carbons (Fsp3) is 0.263. The highest BCUT2D eigenvalue weighted by atomic mass is 19.1. The SMILES string of the molecule is C=Cc1ccc(C(C)(C)BC(C)c2c(F)cc(F)cc2F)cc1. The van der Waals surface area contributed by atoms with Gasteiger partial charge in [0.2, 0.25) is 0 Å². The van der Waals surface area contributed by atoms with Crippen LogP contribution in [-0.2, 0) is 5.31 Å². The van der Waals surface area contributed by atoms with E-state index in [-0.39, 0.29) is 16.7 Å². The lowest BCUT2D eigenvalue weighted by molar-refractivity contribution is 0.522. The summed E-state index contributed by atoms with van der Waals surface area (Å²) in [6.07, 6.45) is 1.77. The lowest BCUT2D eigenvalue weighted by atomic mass is 9.44. The van der Waals surface area contributed by atoms with Gasteiger partial charge in [0, 0.05) is 17.7 Å². The van der Waals surface area contributed by atoms with Crippen LogP contribution < -0.4 is 0 Å². The monoisotopic (exact) mass is 316 g/mol. The smallest absolute Gasteiger partial charge is 0.141 e. The highest BCUT2D eigenvalue weighted by Gasteiger charge is 2.28. The van der Waals surface area contributed by atoms with E-state index < -0.39 is 17.5 Å². The Hall–Kier alpha value is -1.97. The second-order valence-electron chi connectivity index (χ2n) is 6.60. The van der Waals surface area contributed by atoms with Crippen LogP contribution in [-0.4, -0.2) is 7.28 Å². The Morgan fingerprint density at radius 1 is 1.04 bits per heavy atom. The summed E-state index contributed by atoms with van der Waals surface area (Å²) in [5.41, 5.74) is 2.05. The predicted octanol–water partition coefficient (Wildman–Crippen LogP) is 5.18. The van der Waals surface area contributed by atoms with Crippen molar-refractivity contribution in [2.75, 3.05) is 0 Å². The Kier molecular flexibility index (Phi) is 5.03. The van der Waals surface area contributed by atoms with Crippen molar-refractivity contribution in [2.24, 2.45) is 0 Å². The van der Waals surface area contributed by atoms with Gasteiger partial charge in [-0.05, 0) is 22.3 Å². The van der Waals surface area contributed by atoms with Gasteiger partial charge in [-0.2, -0.15) is 0 Å². The van der Waals surface area contributed by atoms with E-state index in [9.17, 15) is 13.2 Å². The Morgan fingerprint density at radius 2 is 1.57 bits per heavy atom. The van der Waals surface area contributed by atoms with Gasteiger partial charge >= 0.3 is 0 Å². The third-order valence-corrected chi connectivity index (χ3v) is 4.28. The number of rotatable bonds is 5. The van der Waals surface area contributed by atoms with Crippen LogP contribution in [0.1, 0.15) is 43.3 Å². The first-order valence-corrected chi connectivity index (χ1v) is 7.62. The Bertz CT molecular complexity index is 682. The predicted molar refractivity (Wildman–Crippen MR) is 91.4 cm³/mol. The van der Waals surface area contributed by atoms with E-state index in [1.54, 1.807) is 13.0 Å². The topological polar surface area (TPSA) is 0 Å². The maximum atomic E-state index is 13.9. The largest absolute Gasteiger partial charge is 0.207 e. The van der Waals surface area contributed by atoms with E-state index in [2.05, 4.69) is 6.58 Å². The van der Waals surface area contributed by atoms with Gasteiger partial charge in [0.25, 0.3) is 0 Å². The van der Waals surface area contributed by atoms with Crippen LogP contribution in [0, 0.1) is 17.5 Å². The van der Waals surface area contributed by atoms with Crippen molar-refractivity contribution in [2.45, 2.75) is 31.9 Å². The minimum Gasteiger partial charge on any atom is -0.207 e. The molecule has 0 fully saturated rings. The highest BCUT2D eigenvalue weighted by Crippen LogP contribution is 2.30. The second kappa shape index (κ2) is 6.65. The molecular formula is C19H20BF3. The summed E-state index contributed by atoms with van der Waals surface area (Å²) in [4.78, 5) is 0. The van der Waals surface area contributed by atoms with E-state index >= 15 is 0 Å². The van der Waals surface area contributed by atoms with E-state index in [1.165, 1.54) is 0 Å². The van der Waals surface area contributed by atoms with Gasteiger partial charge < -0.3 is 0 Å². The van der Waals surface area contributed by atoms with Crippen LogP contribution >= 0.6 is 0 Å². The number of benzene rings is 2. The average Bonchev–Trinajstić information content (AvgIpc) is 2.45. The molecule has 0 bridgehead atoms. The number of hydrogen-bond acceptors (Lipinski definition) is 0. The first kappa shape index (κ1) is 17.4. The fourth-order valence-corrected chi connectivity index (χ4v) is 3.08. The van der Waals surface area contributed by atoms with Crippen LogP contribution in [0.25, 0.3) is 6.08 Å². The molecule has 0 nitrogen and oxygen atoms in total. The van der Waals surface area contributed by atoms with Gasteiger partial charge in [-0.1, -0.05) is 57.7 Å². The first-order chi connectivity index (χ1) is 10.7. The Morgan fingerprint density at radius 3 is 2.04 bits per heavy atom. The summed E-state index contributed by atoms with van der Waals surface area (Å²) >= 11 is 0. The van der Waals surface area contributed by atoms with E-state index in [0.717, 1.165) is 23.3 Å². The van der Waals surface area contributed by atoms with E-state index in [1.807, 2.05) is 38.1 Å². The molecule has 0 saturated heterocycles. The molecule has 23 heavy (non-hydrogen) atoms. The molecule has 0 aliphatic heterocycles. The molecule has 0 amide bonds. The normalized spacial score (nSPS) is 12.8. The molecule has 120 valence electrons. The molecule has 2 aromatic rings. The Balaban J connectivity index is 2.27. The summed E-state index contributed by atoms with van der Waals surface area (Å²) in [5.74, 6) is -2.92. The summed E-state index contributed by atoms with van der Waals surface area (Å²) < 4.78 is 41.0. The van der Waals surface area contributed by atoms with Crippen LogP contribution in [0.2, 0.25) is 0 Å². The Labute approximate surface area is 136 Å². The quantitative estimate of drug-likeness (QED) is 0.667. The molecule has 1 atom stereocenters. The third-order valence-electron chi connectivity index (χ3n) is 4.28. The minimum atomic E-state index is -0.893. The first-order valence-electron chi connectivity index (χ1n) is 7.62. The maximum absolute atomic E-state index is 13.9. The summed E-state index contributed by atoms with van der Waals surface area (Å²) in [5, 5.41) is -0.271. The molecule has 4 heteroatoms. The summed E-state index contributed by atoms with van der Waals surface area (Å²) in [6, 6.07) is 9.41. The van der Waals surface area contributed by atoms with Crippen molar-refractivity contribution in [3.8, 4) is 0 Å². The van der Waals surface area contributed by atoms with Gasteiger partial charge in [-0.25, -0.2) is 13.2 Å². The molecule has 1 unspecified atom stereocenters.